The first-order valence-electron chi connectivity index (χ1n) is 15.6. The number of fused-ring (bicyclic) bond motifs is 1. The summed E-state index contributed by atoms with van der Waals surface area (Å²) in [6.45, 7) is 7.93. The molecule has 2 aromatic carbocycles. The number of rotatable bonds is 16. The highest BCUT2D eigenvalue weighted by atomic mass is 16.5. The third-order valence-corrected chi connectivity index (χ3v) is 7.29. The Morgan fingerprint density at radius 3 is 2.43 bits per heavy atom. The maximum absolute atomic E-state index is 13.5. The van der Waals surface area contributed by atoms with Crippen molar-refractivity contribution >= 4 is 40.7 Å². The molecule has 0 saturated carbocycles. The van der Waals surface area contributed by atoms with E-state index in [1.165, 1.54) is 17.1 Å². The quantitative estimate of drug-likeness (QED) is 0.0658. The summed E-state index contributed by atoms with van der Waals surface area (Å²) in [7, 11) is 1.91. The molecule has 11 heteroatoms. The molecule has 0 saturated heterocycles. The van der Waals surface area contributed by atoms with Gasteiger partial charge in [0.2, 0.25) is 0 Å². The Morgan fingerprint density at radius 2 is 1.74 bits per heavy atom. The minimum Gasteiger partial charge on any atom is -0.466 e. The number of aromatic nitrogens is 2. The summed E-state index contributed by atoms with van der Waals surface area (Å²) in [4.78, 5) is 55.7. The van der Waals surface area contributed by atoms with Crippen molar-refractivity contribution in [2.45, 2.75) is 58.8 Å². The summed E-state index contributed by atoms with van der Waals surface area (Å²) in [6.07, 6.45) is 8.88. The van der Waals surface area contributed by atoms with Crippen molar-refractivity contribution in [3.63, 3.8) is 0 Å². The van der Waals surface area contributed by atoms with Gasteiger partial charge in [-0.15, -0.1) is 0 Å². The molecule has 46 heavy (non-hydrogen) atoms. The predicted molar refractivity (Wildman–Crippen MR) is 177 cm³/mol. The fraction of sp³-hybridized carbons (Fsp3) is 0.371. The lowest BCUT2D eigenvalue weighted by molar-refractivity contribution is -0.143. The number of nitrogens with zero attached hydrogens (tertiary/aromatic N) is 3. The third kappa shape index (κ3) is 10.3. The van der Waals surface area contributed by atoms with E-state index in [0.717, 1.165) is 42.6 Å². The third-order valence-electron chi connectivity index (χ3n) is 7.29. The standard InChI is InChI=1S/C35H43N5O6/c1-5-8-10-11-23-46-35(44)38-33(42)26-16-13-25(14-17-26)15-20-31-37-28-24-27(18-19-29(28)39(31)4)34(43)40(30(36)12-9-6-2)22-21-32(41)45-7-3/h6,9,12-14,16-19,24,36H,2,5,7-8,10-11,15,20-23H2,1,3-4H3,(H,38,42,44)/b12-9-,36-30?. The number of imide groups is 1. The first kappa shape index (κ1) is 35.4. The molecule has 0 fully saturated rings. The van der Waals surface area contributed by atoms with Gasteiger partial charge in [-0.25, -0.2) is 9.78 Å². The number of benzene rings is 2. The van der Waals surface area contributed by atoms with Gasteiger partial charge in [0.1, 0.15) is 11.7 Å². The van der Waals surface area contributed by atoms with E-state index in [0.29, 0.717) is 29.5 Å². The average molecular weight is 630 g/mol. The molecule has 0 aliphatic heterocycles. The molecular formula is C35H43N5O6. The van der Waals surface area contributed by atoms with Crippen LogP contribution in [0.1, 0.15) is 78.1 Å². The zero-order valence-corrected chi connectivity index (χ0v) is 26.8. The molecule has 0 atom stereocenters. The Labute approximate surface area is 269 Å². The molecule has 0 radical (unpaired) electrons. The first-order chi connectivity index (χ1) is 22.2. The minimum atomic E-state index is -0.746. The summed E-state index contributed by atoms with van der Waals surface area (Å²) < 4.78 is 12.0. The molecule has 0 aliphatic carbocycles. The summed E-state index contributed by atoms with van der Waals surface area (Å²) in [6, 6.07) is 12.2. The number of carbonyl (C=O) groups is 4. The van der Waals surface area contributed by atoms with Crippen LogP contribution in [-0.2, 0) is 34.2 Å². The molecule has 0 unspecified atom stereocenters. The molecule has 3 amide bonds. The molecule has 0 aliphatic rings. The Kier molecular flexibility index (Phi) is 13.9. The van der Waals surface area contributed by atoms with Crippen LogP contribution in [0, 0.1) is 5.41 Å². The topological polar surface area (TPSA) is 144 Å². The van der Waals surface area contributed by atoms with Crippen LogP contribution in [0.3, 0.4) is 0 Å². The van der Waals surface area contributed by atoms with Crippen molar-refractivity contribution in [3.8, 4) is 0 Å². The van der Waals surface area contributed by atoms with Crippen molar-refractivity contribution in [1.29, 1.82) is 5.41 Å². The first-order valence-corrected chi connectivity index (χ1v) is 15.6. The van der Waals surface area contributed by atoms with Crippen LogP contribution in [0.15, 0.2) is 67.3 Å². The van der Waals surface area contributed by atoms with Crippen LogP contribution in [0.5, 0.6) is 0 Å². The highest BCUT2D eigenvalue weighted by molar-refractivity contribution is 6.10. The van der Waals surface area contributed by atoms with Gasteiger partial charge in [0.05, 0.1) is 30.7 Å². The Morgan fingerprint density at radius 1 is 1.00 bits per heavy atom. The molecular weight excluding hydrogens is 586 g/mol. The number of imidazole rings is 1. The van der Waals surface area contributed by atoms with Crippen molar-refractivity contribution in [2.75, 3.05) is 19.8 Å². The van der Waals surface area contributed by atoms with E-state index in [9.17, 15) is 19.2 Å². The summed E-state index contributed by atoms with van der Waals surface area (Å²) in [5.74, 6) is -0.656. The molecule has 1 heterocycles. The van der Waals surface area contributed by atoms with Crippen LogP contribution in [0.25, 0.3) is 11.0 Å². The van der Waals surface area contributed by atoms with Crippen molar-refractivity contribution in [1.82, 2.24) is 19.8 Å². The number of hydrogen-bond acceptors (Lipinski definition) is 8. The molecule has 244 valence electrons. The van der Waals surface area contributed by atoms with Crippen LogP contribution in [-0.4, -0.2) is 63.9 Å². The minimum absolute atomic E-state index is 0.00680. The van der Waals surface area contributed by atoms with Gasteiger partial charge in [-0.2, -0.15) is 0 Å². The maximum Gasteiger partial charge on any atom is 0.414 e. The van der Waals surface area contributed by atoms with Gasteiger partial charge in [-0.1, -0.05) is 57.0 Å². The van der Waals surface area contributed by atoms with Gasteiger partial charge < -0.3 is 14.0 Å². The Hall–Kier alpha value is -5.06. The maximum atomic E-state index is 13.5. The monoisotopic (exact) mass is 629 g/mol. The number of esters is 1. The molecule has 11 nitrogen and oxygen atoms in total. The lowest BCUT2D eigenvalue weighted by Crippen LogP contribution is -2.37. The number of amidine groups is 1. The van der Waals surface area contributed by atoms with Crippen LogP contribution in [0.2, 0.25) is 0 Å². The molecule has 1 aromatic heterocycles. The van der Waals surface area contributed by atoms with Gasteiger partial charge in [0.25, 0.3) is 11.8 Å². The fourth-order valence-corrected chi connectivity index (χ4v) is 4.75. The summed E-state index contributed by atoms with van der Waals surface area (Å²) in [5, 5.41) is 10.6. The van der Waals surface area contributed by atoms with Gasteiger partial charge in [0, 0.05) is 31.1 Å². The second kappa shape index (κ2) is 18.0. The summed E-state index contributed by atoms with van der Waals surface area (Å²) >= 11 is 0. The van der Waals surface area contributed by atoms with Gasteiger partial charge in [-0.3, -0.25) is 30.0 Å². The number of allylic oxidation sites excluding steroid dienone is 2. The lowest BCUT2D eigenvalue weighted by Gasteiger charge is -2.21. The van der Waals surface area contributed by atoms with E-state index in [2.05, 4.69) is 18.8 Å². The largest absolute Gasteiger partial charge is 0.466 e. The Balaban J connectivity index is 1.64. The number of ether oxygens (including phenoxy) is 2. The fourth-order valence-electron chi connectivity index (χ4n) is 4.75. The van der Waals surface area contributed by atoms with Gasteiger partial charge in [-0.05, 0) is 61.7 Å². The van der Waals surface area contributed by atoms with E-state index in [1.54, 1.807) is 37.3 Å². The molecule has 0 spiro atoms. The Bertz CT molecular complexity index is 1570. The smallest absolute Gasteiger partial charge is 0.414 e. The number of aryl methyl sites for hydroxylation is 3. The van der Waals surface area contributed by atoms with Gasteiger partial charge >= 0.3 is 12.1 Å². The predicted octanol–water partition coefficient (Wildman–Crippen LogP) is 5.92. The number of carbonyl (C=O) groups excluding carboxylic acids is 4. The number of alkyl carbamates (subject to hydrolysis) is 1. The lowest BCUT2D eigenvalue weighted by atomic mass is 10.1. The van der Waals surface area contributed by atoms with E-state index in [-0.39, 0.29) is 32.0 Å². The normalized spacial score (nSPS) is 10.9. The second-order valence-electron chi connectivity index (χ2n) is 10.6. The van der Waals surface area contributed by atoms with Crippen molar-refractivity contribution in [2.24, 2.45) is 7.05 Å². The van der Waals surface area contributed by atoms with E-state index in [4.69, 9.17) is 19.9 Å². The van der Waals surface area contributed by atoms with E-state index >= 15 is 0 Å². The highest BCUT2D eigenvalue weighted by Crippen LogP contribution is 2.20. The van der Waals surface area contributed by atoms with Crippen molar-refractivity contribution < 1.29 is 28.7 Å². The zero-order valence-electron chi connectivity index (χ0n) is 26.8. The molecule has 2 N–H and O–H groups in total. The molecule has 0 bridgehead atoms. The highest BCUT2D eigenvalue weighted by Gasteiger charge is 2.21. The number of hydrogen-bond donors (Lipinski definition) is 2. The average Bonchev–Trinajstić information content (AvgIpc) is 3.37. The van der Waals surface area contributed by atoms with Gasteiger partial charge in [0.15, 0.2) is 0 Å². The van der Waals surface area contributed by atoms with Crippen molar-refractivity contribution in [3.05, 3.63) is 89.8 Å². The SMILES string of the molecule is C=C/C=C\C(=N)N(CCC(=O)OCC)C(=O)c1ccc2c(c1)nc(CCc1ccc(C(=O)NC(=O)OCCCCCC)cc1)n2C. The summed E-state index contributed by atoms with van der Waals surface area (Å²) in [5.41, 5.74) is 3.16. The second-order valence-corrected chi connectivity index (χ2v) is 10.6. The number of nitrogens with one attached hydrogen (secondary N) is 2. The van der Waals surface area contributed by atoms with Crippen LogP contribution >= 0.6 is 0 Å². The van der Waals surface area contributed by atoms with E-state index < -0.39 is 23.9 Å². The molecule has 3 rings (SSSR count). The van der Waals surface area contributed by atoms with Crippen LogP contribution < -0.4 is 5.32 Å². The van der Waals surface area contributed by atoms with Crippen LogP contribution in [0.4, 0.5) is 4.79 Å². The van der Waals surface area contributed by atoms with E-state index in [1.807, 2.05) is 29.8 Å². The molecule has 3 aromatic rings. The number of amides is 3. The number of unbranched alkanes of at least 4 members (excludes halogenated alkanes) is 3. The zero-order chi connectivity index (χ0) is 33.5.